The van der Waals surface area contributed by atoms with Crippen LogP contribution in [-0.2, 0) is 30.5 Å². The van der Waals surface area contributed by atoms with Crippen molar-refractivity contribution in [3.63, 3.8) is 0 Å². The van der Waals surface area contributed by atoms with E-state index in [9.17, 15) is 14.4 Å². The van der Waals surface area contributed by atoms with Gasteiger partial charge < -0.3 is 14.8 Å². The van der Waals surface area contributed by atoms with Crippen molar-refractivity contribution in [3.8, 4) is 0 Å². The lowest BCUT2D eigenvalue weighted by molar-refractivity contribution is -0.212. The number of allylic oxidation sites excluding steroid dienone is 2. The zero-order valence-corrected chi connectivity index (χ0v) is 30.5. The molecule has 0 unspecified atom stereocenters. The van der Waals surface area contributed by atoms with Crippen LogP contribution in [0, 0.1) is 56.7 Å². The minimum Gasteiger partial charge on any atom is -0.462 e. The van der Waals surface area contributed by atoms with Crippen molar-refractivity contribution in [1.29, 1.82) is 0 Å². The molecule has 0 bridgehead atoms. The number of benzene rings is 1. The molecule has 0 aliphatic heterocycles. The van der Waals surface area contributed by atoms with E-state index in [2.05, 4.69) is 59.9 Å². The van der Waals surface area contributed by atoms with Crippen molar-refractivity contribution in [2.75, 3.05) is 5.32 Å². The molecule has 5 aliphatic carbocycles. The Morgan fingerprint density at radius 3 is 2.28 bits per heavy atom. The van der Waals surface area contributed by atoms with Gasteiger partial charge in [-0.1, -0.05) is 78.3 Å². The van der Waals surface area contributed by atoms with Crippen molar-refractivity contribution >= 4 is 23.5 Å². The standard InChI is InChI=1S/C41H59NO5/c1-25-16-21-41(36(45)42-31-13-11-10-12-29(31)24-46-27(3)43)23-22-39(8)30(35(41)26(25)2)14-15-33-38(7)19-18-34(47-28(4)44)37(5,6)32(38)17-20-40(33,39)9/h10-14,25-26,32-35H,15-24H2,1-9H3,(H,42,45)/t25-,26+,32+,33-,34+,35+,38+,39-,40-,41+/m1/s1. The molecule has 0 heterocycles. The van der Waals surface area contributed by atoms with E-state index in [0.717, 1.165) is 62.6 Å². The summed E-state index contributed by atoms with van der Waals surface area (Å²) in [6.07, 6.45) is 11.9. The monoisotopic (exact) mass is 645 g/mol. The fourth-order valence-corrected chi connectivity index (χ4v) is 12.5. The minimum atomic E-state index is -0.458. The second-order valence-corrected chi connectivity index (χ2v) is 17.7. The average Bonchev–Trinajstić information content (AvgIpc) is 3.00. The fraction of sp³-hybridized carbons (Fsp3) is 0.732. The summed E-state index contributed by atoms with van der Waals surface area (Å²) < 4.78 is 11.3. The van der Waals surface area contributed by atoms with Crippen molar-refractivity contribution in [3.05, 3.63) is 41.5 Å². The first-order chi connectivity index (χ1) is 22.0. The summed E-state index contributed by atoms with van der Waals surface area (Å²) in [5.41, 5.74) is 2.92. The lowest BCUT2D eigenvalue weighted by Gasteiger charge is -2.71. The molecule has 0 spiro atoms. The third-order valence-electron chi connectivity index (χ3n) is 15.4. The number of ether oxygens (including phenoxy) is 2. The van der Waals surface area contributed by atoms with Gasteiger partial charge in [0, 0.05) is 30.5 Å². The number of hydrogen-bond donors (Lipinski definition) is 1. The quantitative estimate of drug-likeness (QED) is 0.255. The predicted molar refractivity (Wildman–Crippen MR) is 185 cm³/mol. The molecular weight excluding hydrogens is 586 g/mol. The van der Waals surface area contributed by atoms with E-state index in [-0.39, 0.29) is 58.1 Å². The van der Waals surface area contributed by atoms with Gasteiger partial charge in [0.1, 0.15) is 12.7 Å². The van der Waals surface area contributed by atoms with Gasteiger partial charge >= 0.3 is 11.9 Å². The molecule has 0 saturated heterocycles. The van der Waals surface area contributed by atoms with Crippen LogP contribution in [0.4, 0.5) is 5.69 Å². The maximum Gasteiger partial charge on any atom is 0.302 e. The molecule has 6 nitrogen and oxygen atoms in total. The summed E-state index contributed by atoms with van der Waals surface area (Å²) in [6.45, 7) is 20.3. The van der Waals surface area contributed by atoms with E-state index in [0.29, 0.717) is 23.7 Å². The number of anilines is 1. The molecule has 10 atom stereocenters. The summed E-state index contributed by atoms with van der Waals surface area (Å²) in [5, 5.41) is 3.38. The first-order valence-corrected chi connectivity index (χ1v) is 18.4. The van der Waals surface area contributed by atoms with Gasteiger partial charge in [0.2, 0.25) is 5.91 Å². The van der Waals surface area contributed by atoms with Crippen LogP contribution in [0.15, 0.2) is 35.9 Å². The van der Waals surface area contributed by atoms with Crippen LogP contribution in [-0.4, -0.2) is 23.9 Å². The molecule has 6 rings (SSSR count). The van der Waals surface area contributed by atoms with Crippen LogP contribution in [0.1, 0.15) is 126 Å². The van der Waals surface area contributed by atoms with Crippen LogP contribution in [0.3, 0.4) is 0 Å². The summed E-state index contributed by atoms with van der Waals surface area (Å²) >= 11 is 0. The van der Waals surface area contributed by atoms with E-state index >= 15 is 0 Å². The smallest absolute Gasteiger partial charge is 0.302 e. The van der Waals surface area contributed by atoms with Gasteiger partial charge in [-0.2, -0.15) is 0 Å². The molecule has 0 radical (unpaired) electrons. The molecule has 258 valence electrons. The zero-order valence-electron chi connectivity index (χ0n) is 30.5. The fourth-order valence-electron chi connectivity index (χ4n) is 12.5. The Hall–Kier alpha value is -2.63. The number of esters is 2. The molecule has 1 aromatic rings. The summed E-state index contributed by atoms with van der Waals surface area (Å²) in [5.74, 6) is 1.84. The molecule has 6 heteroatoms. The Labute approximate surface area is 283 Å². The van der Waals surface area contributed by atoms with Gasteiger partial charge in [-0.25, -0.2) is 0 Å². The second kappa shape index (κ2) is 11.8. The number of carbonyl (C=O) groups excluding carboxylic acids is 3. The Bertz CT molecular complexity index is 1460. The number of fused-ring (bicyclic) bond motifs is 7. The van der Waals surface area contributed by atoms with Crippen LogP contribution in [0.25, 0.3) is 0 Å². The van der Waals surface area contributed by atoms with Crippen LogP contribution in [0.2, 0.25) is 0 Å². The second-order valence-electron chi connectivity index (χ2n) is 17.7. The summed E-state index contributed by atoms with van der Waals surface area (Å²) in [7, 11) is 0. The van der Waals surface area contributed by atoms with Gasteiger partial charge in [0.25, 0.3) is 0 Å². The topological polar surface area (TPSA) is 81.7 Å². The first kappa shape index (κ1) is 34.2. The Kier molecular flexibility index (Phi) is 8.57. The van der Waals surface area contributed by atoms with Crippen molar-refractivity contribution in [2.24, 2.45) is 56.7 Å². The lowest BCUT2D eigenvalue weighted by Crippen LogP contribution is -2.65. The van der Waals surface area contributed by atoms with Gasteiger partial charge in [-0.3, -0.25) is 14.4 Å². The normalized spacial score (nSPS) is 41.9. The largest absolute Gasteiger partial charge is 0.462 e. The molecule has 1 aromatic carbocycles. The Morgan fingerprint density at radius 1 is 0.851 bits per heavy atom. The molecule has 0 aromatic heterocycles. The molecule has 5 aliphatic rings. The lowest BCUT2D eigenvalue weighted by atomic mass is 9.33. The summed E-state index contributed by atoms with van der Waals surface area (Å²) in [6, 6.07) is 7.73. The van der Waals surface area contributed by atoms with Gasteiger partial charge in [0.05, 0.1) is 5.41 Å². The highest BCUT2D eigenvalue weighted by Gasteiger charge is 2.69. The number of nitrogens with one attached hydrogen (secondary N) is 1. The maximum atomic E-state index is 14.7. The van der Waals surface area contributed by atoms with Gasteiger partial charge in [-0.05, 0) is 110 Å². The Morgan fingerprint density at radius 2 is 1.57 bits per heavy atom. The number of amides is 1. The highest BCUT2D eigenvalue weighted by molar-refractivity contribution is 5.97. The molecular formula is C41H59NO5. The van der Waals surface area contributed by atoms with Crippen molar-refractivity contribution in [2.45, 2.75) is 133 Å². The number of rotatable bonds is 5. The zero-order chi connectivity index (χ0) is 34.2. The third-order valence-corrected chi connectivity index (χ3v) is 15.4. The van der Waals surface area contributed by atoms with Gasteiger partial charge in [0.15, 0.2) is 0 Å². The molecule has 1 N–H and O–H groups in total. The predicted octanol–water partition coefficient (Wildman–Crippen LogP) is 9.28. The van der Waals surface area contributed by atoms with E-state index in [1.165, 1.54) is 13.3 Å². The van der Waals surface area contributed by atoms with Crippen LogP contribution in [0.5, 0.6) is 0 Å². The highest BCUT2D eigenvalue weighted by atomic mass is 16.5. The Balaban J connectivity index is 1.36. The first-order valence-electron chi connectivity index (χ1n) is 18.4. The van der Waals surface area contributed by atoms with Crippen LogP contribution >= 0.6 is 0 Å². The molecule has 4 saturated carbocycles. The van der Waals surface area contributed by atoms with Gasteiger partial charge in [-0.15, -0.1) is 0 Å². The van der Waals surface area contributed by atoms with Crippen molar-refractivity contribution in [1.82, 2.24) is 0 Å². The van der Waals surface area contributed by atoms with Crippen LogP contribution < -0.4 is 5.32 Å². The van der Waals surface area contributed by atoms with E-state index in [4.69, 9.17) is 9.47 Å². The van der Waals surface area contributed by atoms with E-state index in [1.807, 2.05) is 24.3 Å². The van der Waals surface area contributed by atoms with E-state index in [1.54, 1.807) is 12.5 Å². The maximum absolute atomic E-state index is 14.7. The minimum absolute atomic E-state index is 0.0216. The van der Waals surface area contributed by atoms with Crippen molar-refractivity contribution < 1.29 is 23.9 Å². The number of carbonyl (C=O) groups is 3. The average molecular weight is 646 g/mol. The molecule has 47 heavy (non-hydrogen) atoms. The highest BCUT2D eigenvalue weighted by Crippen LogP contribution is 2.76. The number of para-hydroxylation sites is 1. The number of hydrogen-bond acceptors (Lipinski definition) is 5. The summed E-state index contributed by atoms with van der Waals surface area (Å²) in [4.78, 5) is 38.4. The van der Waals surface area contributed by atoms with E-state index < -0.39 is 5.41 Å². The molecule has 1 amide bonds. The SMILES string of the molecule is CC(=O)OCc1ccccc1NC(=O)[C@]12CC[C@@H](C)[C@H](C)[C@H]1C1=CC[C@@H]3[C@@]4(C)CC[C@H](OC(C)=O)C(C)(C)[C@@H]4CC[C@@]3(C)[C@]1(C)CC2. The molecule has 4 fully saturated rings. The third kappa shape index (κ3) is 5.12.